The topological polar surface area (TPSA) is 66.5 Å². The van der Waals surface area contributed by atoms with Gasteiger partial charge in [0.15, 0.2) is 0 Å². The Morgan fingerprint density at radius 1 is 1.17 bits per heavy atom. The molecular formula is C17H26N2O3S. The van der Waals surface area contributed by atoms with Crippen LogP contribution in [0.4, 0.5) is 5.69 Å². The lowest BCUT2D eigenvalue weighted by atomic mass is 9.94. The zero-order chi connectivity index (χ0) is 17.4. The normalized spacial score (nSPS) is 14.9. The van der Waals surface area contributed by atoms with Crippen molar-refractivity contribution in [2.45, 2.75) is 52.0 Å². The van der Waals surface area contributed by atoms with Crippen LogP contribution in [0.1, 0.15) is 40.2 Å². The van der Waals surface area contributed by atoms with Gasteiger partial charge in [0.1, 0.15) is 0 Å². The summed E-state index contributed by atoms with van der Waals surface area (Å²) in [6, 6.07) is 4.90. The molecule has 0 spiro atoms. The van der Waals surface area contributed by atoms with Gasteiger partial charge in [-0.25, -0.2) is 13.1 Å². The van der Waals surface area contributed by atoms with Gasteiger partial charge in [-0.2, -0.15) is 0 Å². The molecule has 1 aromatic rings. The predicted octanol–water partition coefficient (Wildman–Crippen LogP) is 2.55. The lowest BCUT2D eigenvalue weighted by Crippen LogP contribution is -2.42. The molecule has 5 nitrogen and oxygen atoms in total. The Kier molecular flexibility index (Phi) is 5.16. The highest BCUT2D eigenvalue weighted by Gasteiger charge is 2.28. The second kappa shape index (κ2) is 6.61. The molecule has 0 saturated heterocycles. The van der Waals surface area contributed by atoms with Gasteiger partial charge >= 0.3 is 0 Å². The van der Waals surface area contributed by atoms with E-state index in [1.54, 1.807) is 23.1 Å². The van der Waals surface area contributed by atoms with E-state index in [1.165, 1.54) is 6.92 Å². The van der Waals surface area contributed by atoms with Crippen molar-refractivity contribution in [1.82, 2.24) is 4.72 Å². The van der Waals surface area contributed by atoms with Gasteiger partial charge in [0.2, 0.25) is 15.9 Å². The number of hydrogen-bond donors (Lipinski definition) is 1. The average Bonchev–Trinajstić information content (AvgIpc) is 2.87. The lowest BCUT2D eigenvalue weighted by Gasteiger charge is -2.26. The number of nitrogens with zero attached hydrogens (tertiary/aromatic N) is 1. The Morgan fingerprint density at radius 3 is 2.30 bits per heavy atom. The first-order valence-corrected chi connectivity index (χ1v) is 9.55. The van der Waals surface area contributed by atoms with Crippen molar-refractivity contribution in [1.29, 1.82) is 0 Å². The minimum Gasteiger partial charge on any atom is -0.312 e. The Hall–Kier alpha value is -1.40. The number of carbonyl (C=O) groups is 1. The first kappa shape index (κ1) is 17.9. The van der Waals surface area contributed by atoms with E-state index >= 15 is 0 Å². The van der Waals surface area contributed by atoms with Crippen LogP contribution >= 0.6 is 0 Å². The first-order chi connectivity index (χ1) is 10.6. The number of anilines is 1. The van der Waals surface area contributed by atoms with Crippen LogP contribution in [0, 0.1) is 11.8 Å². The lowest BCUT2D eigenvalue weighted by molar-refractivity contribution is -0.116. The van der Waals surface area contributed by atoms with Gasteiger partial charge in [-0.05, 0) is 42.0 Å². The third kappa shape index (κ3) is 3.75. The quantitative estimate of drug-likeness (QED) is 0.897. The maximum absolute atomic E-state index is 12.7. The molecule has 0 radical (unpaired) electrons. The fourth-order valence-electron chi connectivity index (χ4n) is 3.16. The molecule has 1 aromatic carbocycles. The van der Waals surface area contributed by atoms with Crippen LogP contribution in [-0.2, 0) is 21.2 Å². The fraction of sp³-hybridized carbons (Fsp3) is 0.588. The number of fused-ring (bicyclic) bond motifs is 1. The van der Waals surface area contributed by atoms with E-state index in [1.807, 2.05) is 27.7 Å². The molecule has 0 atom stereocenters. The van der Waals surface area contributed by atoms with Gasteiger partial charge < -0.3 is 4.90 Å². The summed E-state index contributed by atoms with van der Waals surface area (Å²) in [5.74, 6) is 0.414. The number of hydrogen-bond acceptors (Lipinski definition) is 3. The summed E-state index contributed by atoms with van der Waals surface area (Å²) in [4.78, 5) is 13.5. The van der Waals surface area contributed by atoms with E-state index in [9.17, 15) is 13.2 Å². The van der Waals surface area contributed by atoms with Crippen molar-refractivity contribution in [2.24, 2.45) is 11.8 Å². The molecule has 0 unspecified atom stereocenters. The molecule has 0 fully saturated rings. The van der Waals surface area contributed by atoms with Crippen molar-refractivity contribution in [2.75, 3.05) is 11.4 Å². The highest BCUT2D eigenvalue weighted by atomic mass is 32.2. The Balaban J connectivity index is 2.30. The molecule has 1 aliphatic heterocycles. The molecule has 128 valence electrons. The largest absolute Gasteiger partial charge is 0.312 e. The van der Waals surface area contributed by atoms with Gasteiger partial charge in [-0.1, -0.05) is 27.7 Å². The van der Waals surface area contributed by atoms with E-state index in [4.69, 9.17) is 0 Å². The molecule has 2 rings (SSSR count). The van der Waals surface area contributed by atoms with Crippen LogP contribution < -0.4 is 9.62 Å². The van der Waals surface area contributed by atoms with E-state index in [0.717, 1.165) is 11.3 Å². The molecule has 0 saturated carbocycles. The van der Waals surface area contributed by atoms with Gasteiger partial charge in [-0.3, -0.25) is 4.79 Å². The Morgan fingerprint density at radius 2 is 1.78 bits per heavy atom. The minimum atomic E-state index is -3.56. The van der Waals surface area contributed by atoms with Crippen molar-refractivity contribution in [3.8, 4) is 0 Å². The molecule has 1 N–H and O–H groups in total. The number of rotatable bonds is 5. The molecule has 1 amide bonds. The molecule has 0 aliphatic carbocycles. The summed E-state index contributed by atoms with van der Waals surface area (Å²) < 4.78 is 28.2. The van der Waals surface area contributed by atoms with Crippen LogP contribution in [0.5, 0.6) is 0 Å². The van der Waals surface area contributed by atoms with Crippen LogP contribution in [-0.4, -0.2) is 26.9 Å². The predicted molar refractivity (Wildman–Crippen MR) is 92.0 cm³/mol. The summed E-state index contributed by atoms with van der Waals surface area (Å²) in [5.41, 5.74) is 1.73. The molecule has 23 heavy (non-hydrogen) atoms. The number of sulfonamides is 1. The number of amides is 1. The van der Waals surface area contributed by atoms with Gasteiger partial charge in [-0.15, -0.1) is 0 Å². The van der Waals surface area contributed by atoms with Gasteiger partial charge in [0.05, 0.1) is 4.90 Å². The maximum Gasteiger partial charge on any atom is 0.240 e. The molecule has 1 aliphatic rings. The minimum absolute atomic E-state index is 0.0165. The molecule has 0 aromatic heterocycles. The standard InChI is InChI=1S/C17H26N2O3S/c1-11(2)17(12(3)4)18-23(21,22)15-6-7-16-14(10-15)8-9-19(16)13(5)20/h6-7,10-12,17-18H,8-9H2,1-5H3. The van der Waals surface area contributed by atoms with Crippen molar-refractivity contribution >= 4 is 21.6 Å². The van der Waals surface area contributed by atoms with Crippen LogP contribution in [0.15, 0.2) is 23.1 Å². The van der Waals surface area contributed by atoms with Crippen molar-refractivity contribution < 1.29 is 13.2 Å². The molecular weight excluding hydrogens is 312 g/mol. The third-order valence-electron chi connectivity index (χ3n) is 4.36. The van der Waals surface area contributed by atoms with Crippen LogP contribution in [0.3, 0.4) is 0 Å². The smallest absolute Gasteiger partial charge is 0.240 e. The summed E-state index contributed by atoms with van der Waals surface area (Å²) >= 11 is 0. The molecule has 6 heteroatoms. The highest BCUT2D eigenvalue weighted by Crippen LogP contribution is 2.30. The molecule has 1 heterocycles. The van der Waals surface area contributed by atoms with E-state index in [-0.39, 0.29) is 28.7 Å². The summed E-state index contributed by atoms with van der Waals surface area (Å²) in [6.07, 6.45) is 0.691. The second-order valence-corrected chi connectivity index (χ2v) is 8.56. The first-order valence-electron chi connectivity index (χ1n) is 8.07. The highest BCUT2D eigenvalue weighted by molar-refractivity contribution is 7.89. The SMILES string of the molecule is CC(=O)N1CCc2cc(S(=O)(=O)NC(C(C)C)C(C)C)ccc21. The average molecular weight is 338 g/mol. The summed E-state index contributed by atoms with van der Waals surface area (Å²) in [5, 5.41) is 0. The number of benzene rings is 1. The maximum atomic E-state index is 12.7. The third-order valence-corrected chi connectivity index (χ3v) is 5.82. The van der Waals surface area contributed by atoms with E-state index in [2.05, 4.69) is 4.72 Å². The van der Waals surface area contributed by atoms with Crippen LogP contribution in [0.25, 0.3) is 0 Å². The zero-order valence-corrected chi connectivity index (χ0v) is 15.3. The zero-order valence-electron chi connectivity index (χ0n) is 14.5. The Labute approximate surface area is 139 Å². The second-order valence-electron chi connectivity index (χ2n) is 6.85. The monoisotopic (exact) mass is 338 g/mol. The summed E-state index contributed by atoms with van der Waals surface area (Å²) in [6.45, 7) is 10.2. The fourth-order valence-corrected chi connectivity index (χ4v) is 4.74. The van der Waals surface area contributed by atoms with Gasteiger partial charge in [0.25, 0.3) is 0 Å². The van der Waals surface area contributed by atoms with Crippen LogP contribution in [0.2, 0.25) is 0 Å². The van der Waals surface area contributed by atoms with Crippen molar-refractivity contribution in [3.05, 3.63) is 23.8 Å². The van der Waals surface area contributed by atoms with E-state index < -0.39 is 10.0 Å². The summed E-state index contributed by atoms with van der Waals surface area (Å²) in [7, 11) is -3.56. The van der Waals surface area contributed by atoms with Gasteiger partial charge in [0, 0.05) is 25.2 Å². The van der Waals surface area contributed by atoms with E-state index in [0.29, 0.717) is 13.0 Å². The molecule has 0 bridgehead atoms. The number of carbonyl (C=O) groups excluding carboxylic acids is 1. The Bertz CT molecular complexity index is 688. The van der Waals surface area contributed by atoms with Crippen molar-refractivity contribution in [3.63, 3.8) is 0 Å². The number of nitrogens with one attached hydrogen (secondary N) is 1.